The second-order valence-electron chi connectivity index (χ2n) is 12.9. The first-order valence-electron chi connectivity index (χ1n) is 15.4. The van der Waals surface area contributed by atoms with Crippen LogP contribution in [0.5, 0.6) is 0 Å². The van der Waals surface area contributed by atoms with Crippen LogP contribution in [0, 0.1) is 37.5 Å². The summed E-state index contributed by atoms with van der Waals surface area (Å²) in [6, 6.07) is 29.3. The molecule has 8 rings (SSSR count). The van der Waals surface area contributed by atoms with Crippen molar-refractivity contribution in [2.75, 3.05) is 0 Å². The molecule has 4 aliphatic rings. The van der Waals surface area contributed by atoms with Gasteiger partial charge < -0.3 is 9.67 Å². The second-order valence-corrected chi connectivity index (χ2v) is 12.9. The van der Waals surface area contributed by atoms with Gasteiger partial charge in [-0.3, -0.25) is 4.79 Å². The van der Waals surface area contributed by atoms with Crippen LogP contribution in [-0.2, 0) is 10.4 Å². The number of nitrogens with zero attached hydrogens (tertiary/aromatic N) is 2. The van der Waals surface area contributed by atoms with Crippen molar-refractivity contribution in [3.05, 3.63) is 125 Å². The first-order chi connectivity index (χ1) is 20.4. The zero-order valence-corrected chi connectivity index (χ0v) is 24.4. The van der Waals surface area contributed by atoms with E-state index in [9.17, 15) is 9.90 Å². The fourth-order valence-corrected chi connectivity index (χ4v) is 8.66. The lowest BCUT2D eigenvalue weighted by Gasteiger charge is -2.54. The smallest absolute Gasteiger partial charge is 0.281 e. The van der Waals surface area contributed by atoms with Crippen LogP contribution in [0.1, 0.15) is 71.7 Å². The predicted octanol–water partition coefficient (Wildman–Crippen LogP) is 7.02. The number of hydrazone groups is 1. The summed E-state index contributed by atoms with van der Waals surface area (Å²) >= 11 is 0. The third-order valence-electron chi connectivity index (χ3n) is 10.3. The fourth-order valence-electron chi connectivity index (χ4n) is 8.66. The van der Waals surface area contributed by atoms with Crippen molar-refractivity contribution >= 4 is 12.1 Å². The molecular weight excluding hydrogens is 518 g/mol. The maximum atomic E-state index is 13.4. The van der Waals surface area contributed by atoms with Crippen molar-refractivity contribution in [3.63, 3.8) is 0 Å². The van der Waals surface area contributed by atoms with Crippen molar-refractivity contribution in [1.82, 2.24) is 9.99 Å². The summed E-state index contributed by atoms with van der Waals surface area (Å²) in [6.07, 6.45) is 8.88. The van der Waals surface area contributed by atoms with Gasteiger partial charge in [-0.25, -0.2) is 5.43 Å². The Morgan fingerprint density at radius 1 is 0.833 bits per heavy atom. The summed E-state index contributed by atoms with van der Waals surface area (Å²) in [5, 5.41) is 16.0. The summed E-state index contributed by atoms with van der Waals surface area (Å²) in [5.74, 6) is 3.86. The van der Waals surface area contributed by atoms with Crippen molar-refractivity contribution in [1.29, 1.82) is 0 Å². The van der Waals surface area contributed by atoms with E-state index >= 15 is 0 Å². The molecule has 2 N–H and O–H groups in total. The number of rotatable bonds is 7. The highest BCUT2D eigenvalue weighted by Crippen LogP contribution is 2.59. The maximum absolute atomic E-state index is 13.4. The number of aliphatic hydroxyl groups is 1. The van der Waals surface area contributed by atoms with Crippen LogP contribution in [0.2, 0.25) is 0 Å². The molecule has 0 radical (unpaired) electrons. The number of carbonyl (C=O) groups is 1. The lowest BCUT2D eigenvalue weighted by atomic mass is 9.51. The topological polar surface area (TPSA) is 66.6 Å². The Kier molecular flexibility index (Phi) is 6.86. The molecule has 4 bridgehead atoms. The van der Waals surface area contributed by atoms with Gasteiger partial charge in [-0.1, -0.05) is 72.8 Å². The van der Waals surface area contributed by atoms with E-state index in [0.29, 0.717) is 11.1 Å². The van der Waals surface area contributed by atoms with Crippen LogP contribution < -0.4 is 5.43 Å². The standard InChI is InChI=1S/C37H39N3O2/c1-24-17-31(23-38-39-36(41)37(42,32-9-5-3-6-10-32)33-11-7-4-8-12-33)25(2)40(24)34-15-13-28(14-16-34)35-29-19-26-18-27(21-29)22-30(35)20-26/h3-17,23,26-27,29-30,35,42H,18-22H2,1-2H3,(H,39,41)/b38-23-. The molecular formula is C37H39N3O2. The Hall–Kier alpha value is -3.96. The fraction of sp³-hybridized carbons (Fsp3) is 0.351. The largest absolute Gasteiger partial charge is 0.372 e. The third kappa shape index (κ3) is 4.60. The van der Waals surface area contributed by atoms with E-state index in [2.05, 4.69) is 59.3 Å². The summed E-state index contributed by atoms with van der Waals surface area (Å²) in [7, 11) is 0. The molecule has 42 heavy (non-hydrogen) atoms. The highest BCUT2D eigenvalue weighted by atomic mass is 16.3. The normalized spacial score (nSPS) is 24.8. The molecule has 1 amide bonds. The molecule has 4 saturated carbocycles. The van der Waals surface area contributed by atoms with E-state index in [-0.39, 0.29) is 0 Å². The molecule has 0 aliphatic heterocycles. The summed E-state index contributed by atoms with van der Waals surface area (Å²) in [4.78, 5) is 13.4. The lowest BCUT2D eigenvalue weighted by Crippen LogP contribution is -2.43. The van der Waals surface area contributed by atoms with Crippen LogP contribution in [0.3, 0.4) is 0 Å². The molecule has 0 saturated heterocycles. The monoisotopic (exact) mass is 557 g/mol. The highest BCUT2D eigenvalue weighted by Gasteiger charge is 2.48. The third-order valence-corrected chi connectivity index (χ3v) is 10.3. The number of nitrogens with one attached hydrogen (secondary N) is 1. The van der Waals surface area contributed by atoms with E-state index in [1.807, 2.05) is 36.4 Å². The predicted molar refractivity (Wildman–Crippen MR) is 167 cm³/mol. The summed E-state index contributed by atoms with van der Waals surface area (Å²) in [6.45, 7) is 4.17. The second kappa shape index (κ2) is 10.7. The van der Waals surface area contributed by atoms with Crippen LogP contribution >= 0.6 is 0 Å². The van der Waals surface area contributed by atoms with Crippen molar-refractivity contribution in [3.8, 4) is 5.69 Å². The Morgan fingerprint density at radius 3 is 1.93 bits per heavy atom. The van der Waals surface area contributed by atoms with Gasteiger partial charge in [0, 0.05) is 22.6 Å². The quantitative estimate of drug-likeness (QED) is 0.189. The van der Waals surface area contributed by atoms with Crippen LogP contribution in [0.15, 0.2) is 96.1 Å². The van der Waals surface area contributed by atoms with E-state index in [1.165, 1.54) is 37.7 Å². The molecule has 214 valence electrons. The molecule has 4 aromatic rings. The SMILES string of the molecule is Cc1cc(/C=N\NC(=O)C(O)(c2ccccc2)c2ccccc2)c(C)n1-c1ccc(C2C3CC4CC(C3)CC2C4)cc1. The molecule has 0 unspecified atom stereocenters. The highest BCUT2D eigenvalue weighted by molar-refractivity contribution is 5.91. The first-order valence-corrected chi connectivity index (χ1v) is 15.4. The number of hydrogen-bond donors (Lipinski definition) is 2. The van der Waals surface area contributed by atoms with Gasteiger partial charge in [-0.15, -0.1) is 0 Å². The van der Waals surface area contributed by atoms with Gasteiger partial charge in [-0.2, -0.15) is 5.10 Å². The molecule has 5 nitrogen and oxygen atoms in total. The number of hydrogen-bond acceptors (Lipinski definition) is 3. The van der Waals surface area contributed by atoms with E-state index in [1.54, 1.807) is 30.5 Å². The number of aryl methyl sites for hydroxylation is 1. The zero-order chi connectivity index (χ0) is 28.8. The van der Waals surface area contributed by atoms with Gasteiger partial charge >= 0.3 is 0 Å². The Bertz CT molecular complexity index is 1540. The summed E-state index contributed by atoms with van der Waals surface area (Å²) < 4.78 is 2.24. The molecule has 1 heterocycles. The van der Waals surface area contributed by atoms with Gasteiger partial charge in [0.15, 0.2) is 5.60 Å². The van der Waals surface area contributed by atoms with Crippen molar-refractivity contribution in [2.24, 2.45) is 28.8 Å². The number of carbonyl (C=O) groups excluding carboxylic acids is 1. The lowest BCUT2D eigenvalue weighted by molar-refractivity contribution is -0.136. The van der Waals surface area contributed by atoms with Crippen LogP contribution in [-0.4, -0.2) is 21.8 Å². The number of aromatic nitrogens is 1. The average Bonchev–Trinajstić information content (AvgIpc) is 3.29. The molecule has 0 spiro atoms. The molecule has 0 atom stereocenters. The minimum absolute atomic E-state index is 0.485. The molecule has 4 aliphatic carbocycles. The molecule has 4 fully saturated rings. The minimum atomic E-state index is -1.87. The van der Waals surface area contributed by atoms with Gasteiger partial charge in [0.25, 0.3) is 5.91 Å². The molecule has 5 heteroatoms. The van der Waals surface area contributed by atoms with Gasteiger partial charge in [0.05, 0.1) is 6.21 Å². The average molecular weight is 558 g/mol. The summed E-state index contributed by atoms with van der Waals surface area (Å²) in [5.41, 5.74) is 7.44. The molecule has 3 aromatic carbocycles. The van der Waals surface area contributed by atoms with Gasteiger partial charge in [-0.05, 0) is 110 Å². The van der Waals surface area contributed by atoms with E-state index in [0.717, 1.165) is 52.2 Å². The van der Waals surface area contributed by atoms with E-state index in [4.69, 9.17) is 0 Å². The zero-order valence-electron chi connectivity index (χ0n) is 24.4. The van der Waals surface area contributed by atoms with Crippen LogP contribution in [0.4, 0.5) is 0 Å². The Labute approximate surface area is 248 Å². The van der Waals surface area contributed by atoms with Gasteiger partial charge in [0.1, 0.15) is 0 Å². The minimum Gasteiger partial charge on any atom is -0.372 e. The van der Waals surface area contributed by atoms with E-state index < -0.39 is 11.5 Å². The Morgan fingerprint density at radius 2 is 1.38 bits per heavy atom. The maximum Gasteiger partial charge on any atom is 0.281 e. The van der Waals surface area contributed by atoms with Crippen molar-refractivity contribution in [2.45, 2.75) is 57.5 Å². The van der Waals surface area contributed by atoms with Crippen molar-refractivity contribution < 1.29 is 9.90 Å². The molecule has 1 aromatic heterocycles. The number of amides is 1. The van der Waals surface area contributed by atoms with Crippen LogP contribution in [0.25, 0.3) is 5.69 Å². The Balaban J connectivity index is 1.09. The number of benzene rings is 3. The first kappa shape index (κ1) is 26.9. The van der Waals surface area contributed by atoms with Gasteiger partial charge in [0.2, 0.25) is 0 Å².